The second-order valence-corrected chi connectivity index (χ2v) is 5.65. The van der Waals surface area contributed by atoms with Crippen LogP contribution in [-0.4, -0.2) is 17.0 Å². The smallest absolute Gasteiger partial charge is 0.335 e. The molecule has 104 valence electrons. The van der Waals surface area contributed by atoms with Crippen LogP contribution in [0.3, 0.4) is 0 Å². The largest absolute Gasteiger partial charge is 0.478 e. The number of carbonyl (C=O) groups is 2. The lowest BCUT2D eigenvalue weighted by Gasteiger charge is -2.27. The van der Waals surface area contributed by atoms with Crippen LogP contribution in [0.5, 0.6) is 0 Å². The van der Waals surface area contributed by atoms with E-state index in [-0.39, 0.29) is 11.5 Å². The first kappa shape index (κ1) is 15.2. The summed E-state index contributed by atoms with van der Waals surface area (Å²) in [5.41, 5.74) is 0.617. The monoisotopic (exact) mass is 263 g/mol. The lowest BCUT2D eigenvalue weighted by molar-refractivity contribution is -0.123. The van der Waals surface area contributed by atoms with Gasteiger partial charge in [0.15, 0.2) is 0 Å². The van der Waals surface area contributed by atoms with Gasteiger partial charge in [-0.3, -0.25) is 4.79 Å². The Morgan fingerprint density at radius 3 is 2.16 bits per heavy atom. The molecule has 0 bridgehead atoms. The third-order valence-corrected chi connectivity index (χ3v) is 2.90. The average molecular weight is 263 g/mol. The number of aromatic carboxylic acids is 1. The Balaban J connectivity index is 2.81. The van der Waals surface area contributed by atoms with Crippen molar-refractivity contribution in [2.75, 3.05) is 0 Å². The Hall–Kier alpha value is -1.84. The lowest BCUT2D eigenvalue weighted by Crippen LogP contribution is -2.41. The van der Waals surface area contributed by atoms with Crippen molar-refractivity contribution >= 4 is 11.9 Å². The molecule has 1 amide bonds. The summed E-state index contributed by atoms with van der Waals surface area (Å²) in [4.78, 5) is 22.6. The van der Waals surface area contributed by atoms with Crippen molar-refractivity contribution in [1.82, 2.24) is 5.32 Å². The number of carboxylic acid groups (broad SMARTS) is 1. The van der Waals surface area contributed by atoms with Crippen molar-refractivity contribution in [3.8, 4) is 0 Å². The number of nitrogens with one attached hydrogen (secondary N) is 1. The van der Waals surface area contributed by atoms with E-state index in [1.54, 1.807) is 24.3 Å². The number of hydrogen-bond acceptors (Lipinski definition) is 2. The van der Waals surface area contributed by atoms with E-state index >= 15 is 0 Å². The fourth-order valence-corrected chi connectivity index (χ4v) is 1.87. The van der Waals surface area contributed by atoms with Gasteiger partial charge in [-0.15, -0.1) is 0 Å². The van der Waals surface area contributed by atoms with Crippen LogP contribution in [0.4, 0.5) is 0 Å². The van der Waals surface area contributed by atoms with Crippen molar-refractivity contribution < 1.29 is 14.7 Å². The van der Waals surface area contributed by atoms with Gasteiger partial charge in [0.05, 0.1) is 11.1 Å². The first-order chi connectivity index (χ1) is 8.72. The predicted molar refractivity (Wildman–Crippen MR) is 74.0 cm³/mol. The van der Waals surface area contributed by atoms with E-state index < -0.39 is 11.5 Å². The van der Waals surface area contributed by atoms with Gasteiger partial charge in [-0.1, -0.05) is 26.0 Å². The van der Waals surface area contributed by atoms with Crippen LogP contribution < -0.4 is 5.32 Å². The molecule has 0 spiro atoms. The molecule has 1 rings (SSSR count). The van der Waals surface area contributed by atoms with Gasteiger partial charge >= 0.3 is 5.97 Å². The molecule has 0 aliphatic heterocycles. The van der Waals surface area contributed by atoms with E-state index in [0.29, 0.717) is 12.3 Å². The number of hydrogen-bond donors (Lipinski definition) is 2. The summed E-state index contributed by atoms with van der Waals surface area (Å²) >= 11 is 0. The number of amides is 1. The second kappa shape index (κ2) is 5.87. The molecular formula is C15H21NO3. The first-order valence-corrected chi connectivity index (χ1v) is 6.37. The minimum Gasteiger partial charge on any atom is -0.478 e. The third kappa shape index (κ3) is 4.39. The maximum atomic E-state index is 11.8. The van der Waals surface area contributed by atoms with Gasteiger partial charge in [0.25, 0.3) is 0 Å². The minimum absolute atomic E-state index is 0.00214. The molecule has 0 aromatic heterocycles. The maximum Gasteiger partial charge on any atom is 0.335 e. The molecule has 0 unspecified atom stereocenters. The van der Waals surface area contributed by atoms with Crippen molar-refractivity contribution in [3.05, 3.63) is 35.4 Å². The molecule has 0 heterocycles. The number of rotatable bonds is 5. The van der Waals surface area contributed by atoms with E-state index in [1.807, 2.05) is 27.7 Å². The van der Waals surface area contributed by atoms with Crippen molar-refractivity contribution in [1.29, 1.82) is 0 Å². The zero-order valence-electron chi connectivity index (χ0n) is 11.9. The highest BCUT2D eigenvalue weighted by Gasteiger charge is 2.23. The molecule has 2 N–H and O–H groups in total. The molecule has 1 aromatic rings. The fourth-order valence-electron chi connectivity index (χ4n) is 1.87. The zero-order chi connectivity index (χ0) is 14.6. The van der Waals surface area contributed by atoms with E-state index in [1.165, 1.54) is 0 Å². The Morgan fingerprint density at radius 1 is 1.21 bits per heavy atom. The van der Waals surface area contributed by atoms with E-state index in [9.17, 15) is 9.59 Å². The summed E-state index contributed by atoms with van der Waals surface area (Å²) in [5.74, 6) is -0.638. The molecule has 0 aliphatic rings. The normalized spacial score (nSPS) is 11.4. The van der Waals surface area contributed by atoms with Crippen LogP contribution in [0.2, 0.25) is 0 Å². The van der Waals surface area contributed by atoms with Gasteiger partial charge in [-0.25, -0.2) is 4.79 Å². The number of benzene rings is 1. The van der Waals surface area contributed by atoms with Crippen LogP contribution in [0.1, 0.15) is 50.0 Å². The van der Waals surface area contributed by atoms with Gasteiger partial charge in [0, 0.05) is 6.42 Å². The summed E-state index contributed by atoms with van der Waals surface area (Å²) < 4.78 is 0. The predicted octanol–water partition coefficient (Wildman–Crippen LogP) is 2.78. The highest BCUT2D eigenvalue weighted by Crippen LogP contribution is 2.21. The standard InChI is InChI=1S/C15H21NO3/c1-10(2)9-13(17)16-15(3,4)12-7-5-11(6-8-12)14(18)19/h5-8,10H,9H2,1-4H3,(H,16,17)(H,18,19). The first-order valence-electron chi connectivity index (χ1n) is 6.37. The van der Waals surface area contributed by atoms with Crippen LogP contribution >= 0.6 is 0 Å². The number of carboxylic acids is 1. The quantitative estimate of drug-likeness (QED) is 0.858. The fraction of sp³-hybridized carbons (Fsp3) is 0.467. The molecule has 4 heteroatoms. The van der Waals surface area contributed by atoms with Crippen LogP contribution in [0.25, 0.3) is 0 Å². The maximum absolute atomic E-state index is 11.8. The molecule has 0 atom stereocenters. The highest BCUT2D eigenvalue weighted by atomic mass is 16.4. The number of carbonyl (C=O) groups excluding carboxylic acids is 1. The Kier molecular flexibility index (Phi) is 4.70. The molecule has 0 fully saturated rings. The van der Waals surface area contributed by atoms with E-state index in [4.69, 9.17) is 5.11 Å². The second-order valence-electron chi connectivity index (χ2n) is 5.65. The summed E-state index contributed by atoms with van der Waals surface area (Å²) in [6.45, 7) is 7.80. The Morgan fingerprint density at radius 2 is 1.74 bits per heavy atom. The molecule has 1 aromatic carbocycles. The van der Waals surface area contributed by atoms with Gasteiger partial charge in [0.2, 0.25) is 5.91 Å². The molecule has 0 saturated heterocycles. The third-order valence-electron chi connectivity index (χ3n) is 2.90. The summed E-state index contributed by atoms with van der Waals surface area (Å²) in [7, 11) is 0. The summed E-state index contributed by atoms with van der Waals surface area (Å²) in [5, 5.41) is 11.8. The zero-order valence-corrected chi connectivity index (χ0v) is 11.9. The molecule has 4 nitrogen and oxygen atoms in total. The summed E-state index contributed by atoms with van der Waals surface area (Å²) in [6, 6.07) is 6.57. The molecule has 0 radical (unpaired) electrons. The molecule has 19 heavy (non-hydrogen) atoms. The van der Waals surface area contributed by atoms with Crippen LogP contribution in [0.15, 0.2) is 24.3 Å². The Labute approximate surface area is 113 Å². The molecule has 0 saturated carbocycles. The van der Waals surface area contributed by atoms with Crippen molar-refractivity contribution in [2.45, 2.75) is 39.7 Å². The van der Waals surface area contributed by atoms with E-state index in [2.05, 4.69) is 5.32 Å². The van der Waals surface area contributed by atoms with Gasteiger partial charge in [-0.2, -0.15) is 0 Å². The average Bonchev–Trinajstić information content (AvgIpc) is 2.27. The lowest BCUT2D eigenvalue weighted by atomic mass is 9.93. The van der Waals surface area contributed by atoms with Gasteiger partial charge in [-0.05, 0) is 37.5 Å². The van der Waals surface area contributed by atoms with E-state index in [0.717, 1.165) is 5.56 Å². The highest BCUT2D eigenvalue weighted by molar-refractivity contribution is 5.87. The van der Waals surface area contributed by atoms with Crippen LogP contribution in [-0.2, 0) is 10.3 Å². The van der Waals surface area contributed by atoms with Crippen LogP contribution in [0, 0.1) is 5.92 Å². The topological polar surface area (TPSA) is 66.4 Å². The minimum atomic E-state index is -0.951. The SMILES string of the molecule is CC(C)CC(=O)NC(C)(C)c1ccc(C(=O)O)cc1. The van der Waals surface area contributed by atoms with Gasteiger partial charge < -0.3 is 10.4 Å². The Bertz CT molecular complexity index is 461. The molecular weight excluding hydrogens is 242 g/mol. The van der Waals surface area contributed by atoms with Crippen molar-refractivity contribution in [3.63, 3.8) is 0 Å². The molecule has 0 aliphatic carbocycles. The van der Waals surface area contributed by atoms with Gasteiger partial charge in [0.1, 0.15) is 0 Å². The van der Waals surface area contributed by atoms with Crippen molar-refractivity contribution in [2.24, 2.45) is 5.92 Å². The summed E-state index contributed by atoms with van der Waals surface area (Å²) in [6.07, 6.45) is 0.483.